The number of alkyl halides is 3. The predicted molar refractivity (Wildman–Crippen MR) is 71.6 cm³/mol. The zero-order chi connectivity index (χ0) is 14.8. The fraction of sp³-hybridized carbons (Fsp3) is 0.875. The Morgan fingerprint density at radius 1 is 0.947 bits per heavy atom. The average molecular weight is 274 g/mol. The summed E-state index contributed by atoms with van der Waals surface area (Å²) in [6.07, 6.45) is -1.89. The highest BCUT2D eigenvalue weighted by molar-refractivity contribution is 5.30. The van der Waals surface area contributed by atoms with Crippen LogP contribution in [-0.4, -0.2) is 6.18 Å². The maximum atomic E-state index is 13.2. The monoisotopic (exact) mass is 274 g/mol. The number of fused-ring (bicyclic) bond motifs is 1. The molecule has 4 atom stereocenters. The molecular weight excluding hydrogens is 249 g/mol. The van der Waals surface area contributed by atoms with E-state index in [1.165, 1.54) is 0 Å². The molecule has 0 N–H and O–H groups in total. The molecule has 0 aromatic heterocycles. The third-order valence-electron chi connectivity index (χ3n) is 4.85. The van der Waals surface area contributed by atoms with Gasteiger partial charge >= 0.3 is 6.18 Å². The van der Waals surface area contributed by atoms with Gasteiger partial charge in [-0.3, -0.25) is 0 Å². The second-order valence-corrected chi connectivity index (χ2v) is 8.41. The van der Waals surface area contributed by atoms with E-state index in [4.69, 9.17) is 0 Å². The Hall–Kier alpha value is -0.470. The molecule has 0 saturated carbocycles. The molecule has 0 saturated heterocycles. The van der Waals surface area contributed by atoms with Crippen LogP contribution in [0.3, 0.4) is 0 Å². The maximum Gasteiger partial charge on any atom is 0.392 e. The van der Waals surface area contributed by atoms with Crippen molar-refractivity contribution in [2.75, 3.05) is 0 Å². The van der Waals surface area contributed by atoms with E-state index in [0.717, 1.165) is 5.57 Å². The minimum absolute atomic E-state index is 0.0368. The molecule has 0 amide bonds. The van der Waals surface area contributed by atoms with Crippen molar-refractivity contribution in [3.63, 3.8) is 0 Å². The van der Waals surface area contributed by atoms with Crippen LogP contribution in [0, 0.1) is 34.5 Å². The first-order valence-corrected chi connectivity index (χ1v) is 7.11. The molecule has 0 heterocycles. The lowest BCUT2D eigenvalue weighted by Crippen LogP contribution is -2.45. The molecule has 0 aromatic rings. The molecule has 0 spiro atoms. The van der Waals surface area contributed by atoms with Crippen LogP contribution in [0.1, 0.15) is 48.0 Å². The van der Waals surface area contributed by atoms with Gasteiger partial charge < -0.3 is 0 Å². The predicted octanol–water partition coefficient (Wildman–Crippen LogP) is 5.45. The summed E-state index contributed by atoms with van der Waals surface area (Å²) in [4.78, 5) is 0. The summed E-state index contributed by atoms with van der Waals surface area (Å²) < 4.78 is 39.5. The molecular formula is C16H25F3. The lowest BCUT2D eigenvalue weighted by atomic mass is 9.56. The van der Waals surface area contributed by atoms with Gasteiger partial charge in [0.1, 0.15) is 0 Å². The zero-order valence-corrected chi connectivity index (χ0v) is 12.7. The summed E-state index contributed by atoms with van der Waals surface area (Å²) in [7, 11) is 0. The molecule has 0 fully saturated rings. The highest BCUT2D eigenvalue weighted by Crippen LogP contribution is 2.63. The van der Waals surface area contributed by atoms with Gasteiger partial charge in [-0.25, -0.2) is 0 Å². The van der Waals surface area contributed by atoms with Crippen LogP contribution >= 0.6 is 0 Å². The first kappa shape index (κ1) is 14.9. The van der Waals surface area contributed by atoms with Crippen LogP contribution in [0.4, 0.5) is 13.2 Å². The molecule has 0 aromatic carbocycles. The van der Waals surface area contributed by atoms with Gasteiger partial charge in [0.05, 0.1) is 5.92 Å². The summed E-state index contributed by atoms with van der Waals surface area (Å²) in [5, 5.41) is 0. The Bertz CT molecular complexity index is 390. The Balaban J connectivity index is 2.37. The summed E-state index contributed by atoms with van der Waals surface area (Å²) in [5.74, 6) is -1.08. The molecule has 2 rings (SSSR count). The van der Waals surface area contributed by atoms with Crippen LogP contribution in [0.25, 0.3) is 0 Å². The zero-order valence-electron chi connectivity index (χ0n) is 12.7. The van der Waals surface area contributed by atoms with E-state index < -0.39 is 12.1 Å². The number of halogens is 3. The van der Waals surface area contributed by atoms with Gasteiger partial charge in [0.25, 0.3) is 0 Å². The maximum absolute atomic E-state index is 13.2. The number of rotatable bonds is 0. The Kier molecular flexibility index (Phi) is 3.16. The van der Waals surface area contributed by atoms with Crippen LogP contribution in [0.2, 0.25) is 0 Å². The molecule has 2 aliphatic carbocycles. The fourth-order valence-corrected chi connectivity index (χ4v) is 4.37. The van der Waals surface area contributed by atoms with E-state index in [1.54, 1.807) is 0 Å². The van der Waals surface area contributed by atoms with Crippen molar-refractivity contribution in [2.24, 2.45) is 34.5 Å². The fourth-order valence-electron chi connectivity index (χ4n) is 4.37. The van der Waals surface area contributed by atoms with E-state index in [1.807, 2.05) is 6.08 Å². The quantitative estimate of drug-likeness (QED) is 0.515. The van der Waals surface area contributed by atoms with Crippen LogP contribution < -0.4 is 0 Å². The van der Waals surface area contributed by atoms with Gasteiger partial charge in [0, 0.05) is 0 Å². The van der Waals surface area contributed by atoms with Crippen LogP contribution in [0.15, 0.2) is 11.6 Å². The molecule has 2 bridgehead atoms. The molecule has 110 valence electrons. The minimum Gasteiger partial charge on any atom is -0.171 e. The molecule has 0 radical (unpaired) electrons. The summed E-state index contributed by atoms with van der Waals surface area (Å²) >= 11 is 0. The molecule has 0 nitrogen and oxygen atoms in total. The molecule has 4 unspecified atom stereocenters. The molecule has 0 aliphatic heterocycles. The normalized spacial score (nSPS) is 35.7. The third-order valence-corrected chi connectivity index (χ3v) is 4.85. The van der Waals surface area contributed by atoms with Crippen molar-refractivity contribution >= 4 is 0 Å². The average Bonchev–Trinajstić information content (AvgIpc) is 2.68. The number of hydrogen-bond acceptors (Lipinski definition) is 0. The van der Waals surface area contributed by atoms with E-state index in [9.17, 15) is 13.2 Å². The van der Waals surface area contributed by atoms with Gasteiger partial charge in [-0.15, -0.1) is 0 Å². The van der Waals surface area contributed by atoms with Crippen LogP contribution in [0.5, 0.6) is 0 Å². The van der Waals surface area contributed by atoms with E-state index in [-0.39, 0.29) is 35.0 Å². The van der Waals surface area contributed by atoms with Crippen molar-refractivity contribution in [1.29, 1.82) is 0 Å². The van der Waals surface area contributed by atoms with Gasteiger partial charge in [0.2, 0.25) is 0 Å². The minimum atomic E-state index is -4.06. The first-order valence-electron chi connectivity index (χ1n) is 7.11. The van der Waals surface area contributed by atoms with Crippen LogP contribution in [-0.2, 0) is 0 Å². The smallest absolute Gasteiger partial charge is 0.171 e. The largest absolute Gasteiger partial charge is 0.392 e. The molecule has 2 aliphatic rings. The van der Waals surface area contributed by atoms with Gasteiger partial charge in [-0.2, -0.15) is 13.2 Å². The number of allylic oxidation sites excluding steroid dienone is 2. The first-order chi connectivity index (χ1) is 8.33. The van der Waals surface area contributed by atoms with E-state index in [0.29, 0.717) is 0 Å². The van der Waals surface area contributed by atoms with Crippen molar-refractivity contribution in [2.45, 2.75) is 54.1 Å². The highest BCUT2D eigenvalue weighted by atomic mass is 19.4. The highest BCUT2D eigenvalue weighted by Gasteiger charge is 2.60. The van der Waals surface area contributed by atoms with Crippen molar-refractivity contribution < 1.29 is 13.2 Å². The van der Waals surface area contributed by atoms with Gasteiger partial charge in [0.15, 0.2) is 0 Å². The van der Waals surface area contributed by atoms with Crippen molar-refractivity contribution in [1.82, 2.24) is 0 Å². The second-order valence-electron chi connectivity index (χ2n) is 8.41. The summed E-state index contributed by atoms with van der Waals surface area (Å²) in [6, 6.07) is 0. The van der Waals surface area contributed by atoms with E-state index in [2.05, 4.69) is 41.5 Å². The van der Waals surface area contributed by atoms with Gasteiger partial charge in [-0.05, 0) is 35.0 Å². The Morgan fingerprint density at radius 3 is 1.84 bits per heavy atom. The lowest BCUT2D eigenvalue weighted by molar-refractivity contribution is -0.197. The Morgan fingerprint density at radius 2 is 1.47 bits per heavy atom. The molecule has 19 heavy (non-hydrogen) atoms. The Labute approximate surface area is 114 Å². The standard InChI is InChI=1S/C16H25F3/c1-14(2,3)12-9-7-10(13(12)15(4,5)6)11(8-9)16(17,18)19/h7,10-13H,8H2,1-6H3. The molecule has 3 heteroatoms. The third kappa shape index (κ3) is 2.45. The number of hydrogen-bond donors (Lipinski definition) is 0. The van der Waals surface area contributed by atoms with Gasteiger partial charge in [-0.1, -0.05) is 53.2 Å². The van der Waals surface area contributed by atoms with Crippen molar-refractivity contribution in [3.8, 4) is 0 Å². The lowest BCUT2D eigenvalue weighted by Gasteiger charge is -2.48. The summed E-state index contributed by atoms with van der Waals surface area (Å²) in [5.41, 5.74) is 1.000. The topological polar surface area (TPSA) is 0 Å². The van der Waals surface area contributed by atoms with Crippen molar-refractivity contribution in [3.05, 3.63) is 11.6 Å². The summed E-state index contributed by atoms with van der Waals surface area (Å²) in [6.45, 7) is 12.7. The van der Waals surface area contributed by atoms with E-state index >= 15 is 0 Å². The SMILES string of the molecule is CC(C)(C)C1C2=CC(C1C(C)(C)C)C(C(F)(F)F)C2. The second kappa shape index (κ2) is 4.02.